The molecule has 0 amide bonds. The van der Waals surface area contributed by atoms with Crippen LogP contribution in [-0.2, 0) is 0 Å². The van der Waals surface area contributed by atoms with Gasteiger partial charge < -0.3 is 4.90 Å². The number of hydrogen-bond acceptors (Lipinski definition) is 1. The second-order valence-corrected chi connectivity index (χ2v) is 9.68. The predicted molar refractivity (Wildman–Crippen MR) is 106 cm³/mol. The molecular formula is C23H37N. The molecule has 1 saturated heterocycles. The zero-order chi connectivity index (χ0) is 17.5. The van der Waals surface area contributed by atoms with Gasteiger partial charge >= 0.3 is 0 Å². The molecular weight excluding hydrogens is 290 g/mol. The van der Waals surface area contributed by atoms with Crippen molar-refractivity contribution in [3.8, 4) is 0 Å². The van der Waals surface area contributed by atoms with E-state index >= 15 is 0 Å². The van der Waals surface area contributed by atoms with Gasteiger partial charge in [0, 0.05) is 18.8 Å². The number of hydrogen-bond donors (Lipinski definition) is 0. The van der Waals surface area contributed by atoms with E-state index in [4.69, 9.17) is 0 Å². The number of rotatable bonds is 3. The molecule has 2 aliphatic rings. The topological polar surface area (TPSA) is 3.24 Å². The molecule has 1 heteroatoms. The molecule has 1 aliphatic carbocycles. The third kappa shape index (κ3) is 2.89. The zero-order valence-electron chi connectivity index (χ0n) is 16.8. The minimum absolute atomic E-state index is 0.422. The van der Waals surface area contributed by atoms with Crippen LogP contribution in [0, 0.1) is 10.8 Å². The quantitative estimate of drug-likeness (QED) is 0.595. The van der Waals surface area contributed by atoms with Gasteiger partial charge in [0.25, 0.3) is 0 Å². The molecule has 0 N–H and O–H groups in total. The molecule has 1 heterocycles. The molecule has 0 radical (unpaired) electrons. The minimum atomic E-state index is 0.422. The van der Waals surface area contributed by atoms with Crippen LogP contribution in [0.25, 0.3) is 0 Å². The summed E-state index contributed by atoms with van der Waals surface area (Å²) in [7, 11) is 0. The summed E-state index contributed by atoms with van der Waals surface area (Å²) < 4.78 is 0. The molecule has 24 heavy (non-hydrogen) atoms. The Labute approximate surface area is 149 Å². The Hall–Kier alpha value is -0.980. The highest BCUT2D eigenvalue weighted by Gasteiger charge is 2.52. The van der Waals surface area contributed by atoms with Crippen molar-refractivity contribution in [1.29, 1.82) is 0 Å². The van der Waals surface area contributed by atoms with Gasteiger partial charge in [-0.2, -0.15) is 0 Å². The normalized spacial score (nSPS) is 22.8. The number of nitrogens with zero attached hydrogens (tertiary/aromatic N) is 1. The van der Waals surface area contributed by atoms with Crippen molar-refractivity contribution in [2.75, 3.05) is 18.0 Å². The van der Waals surface area contributed by atoms with Crippen molar-refractivity contribution in [1.82, 2.24) is 0 Å². The van der Waals surface area contributed by atoms with Crippen molar-refractivity contribution in [3.05, 3.63) is 29.3 Å². The van der Waals surface area contributed by atoms with Crippen LogP contribution in [0.1, 0.15) is 96.6 Å². The van der Waals surface area contributed by atoms with E-state index in [1.165, 1.54) is 45.2 Å². The summed E-state index contributed by atoms with van der Waals surface area (Å²) >= 11 is 0. The molecule has 1 aromatic carbocycles. The van der Waals surface area contributed by atoms with Crippen LogP contribution in [-0.4, -0.2) is 13.1 Å². The van der Waals surface area contributed by atoms with Gasteiger partial charge in [-0.3, -0.25) is 0 Å². The Bertz CT molecular complexity index is 549. The third-order valence-electron chi connectivity index (χ3n) is 6.98. The van der Waals surface area contributed by atoms with E-state index in [-0.39, 0.29) is 0 Å². The van der Waals surface area contributed by atoms with Gasteiger partial charge in [-0.15, -0.1) is 0 Å². The van der Waals surface area contributed by atoms with E-state index in [9.17, 15) is 0 Å². The highest BCUT2D eigenvalue weighted by molar-refractivity contribution is 5.63. The van der Waals surface area contributed by atoms with Crippen molar-refractivity contribution in [2.45, 2.75) is 85.5 Å². The van der Waals surface area contributed by atoms with Gasteiger partial charge in [0.05, 0.1) is 0 Å². The standard InChI is InChI=1S/C23H37N/c1-17(2)19-11-10-12-20(18(3)4)21(19)24-15-22(5,6)23(16-24)13-8-7-9-14-23/h10-12,17-18H,7-9,13-16H2,1-6H3. The molecule has 0 bridgehead atoms. The summed E-state index contributed by atoms with van der Waals surface area (Å²) in [5.74, 6) is 1.18. The van der Waals surface area contributed by atoms with Crippen LogP contribution in [0.3, 0.4) is 0 Å². The van der Waals surface area contributed by atoms with Gasteiger partial charge in [-0.25, -0.2) is 0 Å². The zero-order valence-corrected chi connectivity index (χ0v) is 16.8. The van der Waals surface area contributed by atoms with Crippen LogP contribution in [0.5, 0.6) is 0 Å². The van der Waals surface area contributed by atoms with E-state index in [0.29, 0.717) is 22.7 Å². The molecule has 1 aliphatic heterocycles. The van der Waals surface area contributed by atoms with Gasteiger partial charge in [-0.05, 0) is 46.6 Å². The number of para-hydroxylation sites is 1. The minimum Gasteiger partial charge on any atom is -0.370 e. The molecule has 0 unspecified atom stereocenters. The molecule has 1 aromatic rings. The maximum absolute atomic E-state index is 2.77. The van der Waals surface area contributed by atoms with Crippen molar-refractivity contribution in [2.24, 2.45) is 10.8 Å². The Kier molecular flexibility index (Phi) is 4.75. The molecule has 0 aromatic heterocycles. The van der Waals surface area contributed by atoms with E-state index < -0.39 is 0 Å². The van der Waals surface area contributed by atoms with Gasteiger partial charge in [0.15, 0.2) is 0 Å². The Morgan fingerprint density at radius 2 is 1.38 bits per heavy atom. The van der Waals surface area contributed by atoms with Gasteiger partial charge in [-0.1, -0.05) is 79.0 Å². The highest BCUT2D eigenvalue weighted by atomic mass is 15.2. The maximum atomic E-state index is 2.77. The molecule has 3 rings (SSSR count). The van der Waals surface area contributed by atoms with Crippen LogP contribution in [0.2, 0.25) is 0 Å². The largest absolute Gasteiger partial charge is 0.370 e. The SMILES string of the molecule is CC(C)c1cccc(C(C)C)c1N1CC(C)(C)C2(CCCCC2)C1. The molecule has 1 spiro atoms. The first-order valence-electron chi connectivity index (χ1n) is 10.2. The first-order chi connectivity index (χ1) is 11.3. The molecule has 2 fully saturated rings. The second-order valence-electron chi connectivity index (χ2n) is 9.68. The summed E-state index contributed by atoms with van der Waals surface area (Å²) in [6, 6.07) is 7.00. The lowest BCUT2D eigenvalue weighted by molar-refractivity contribution is 0.0806. The second kappa shape index (κ2) is 6.39. The fourth-order valence-electron chi connectivity index (χ4n) is 5.38. The fourth-order valence-corrected chi connectivity index (χ4v) is 5.38. The monoisotopic (exact) mass is 327 g/mol. The van der Waals surface area contributed by atoms with Crippen LogP contribution < -0.4 is 4.90 Å². The lowest BCUT2D eigenvalue weighted by atomic mass is 9.61. The molecule has 1 saturated carbocycles. The lowest BCUT2D eigenvalue weighted by Crippen LogP contribution is -2.38. The predicted octanol–water partition coefficient (Wildman–Crippen LogP) is 6.73. The summed E-state index contributed by atoms with van der Waals surface area (Å²) in [4.78, 5) is 2.77. The number of benzene rings is 1. The van der Waals surface area contributed by atoms with Crippen molar-refractivity contribution in [3.63, 3.8) is 0 Å². The van der Waals surface area contributed by atoms with Crippen molar-refractivity contribution >= 4 is 5.69 Å². The van der Waals surface area contributed by atoms with Gasteiger partial charge in [0.1, 0.15) is 0 Å². The summed E-state index contributed by atoms with van der Waals surface area (Å²) in [6.45, 7) is 16.9. The average molecular weight is 328 g/mol. The first-order valence-corrected chi connectivity index (χ1v) is 10.2. The molecule has 1 nitrogen and oxygen atoms in total. The Balaban J connectivity index is 2.04. The average Bonchev–Trinajstić information content (AvgIpc) is 2.78. The van der Waals surface area contributed by atoms with Gasteiger partial charge in [0.2, 0.25) is 0 Å². The van der Waals surface area contributed by atoms with E-state index in [1.807, 2.05) is 0 Å². The van der Waals surface area contributed by atoms with Crippen LogP contribution in [0.4, 0.5) is 5.69 Å². The molecule has 0 atom stereocenters. The maximum Gasteiger partial charge on any atom is 0.0436 e. The number of anilines is 1. The third-order valence-corrected chi connectivity index (χ3v) is 6.98. The highest BCUT2D eigenvalue weighted by Crippen LogP contribution is 2.56. The van der Waals surface area contributed by atoms with Crippen LogP contribution in [0.15, 0.2) is 18.2 Å². The van der Waals surface area contributed by atoms with E-state index in [1.54, 1.807) is 16.8 Å². The summed E-state index contributed by atoms with van der Waals surface area (Å²) in [6.07, 6.45) is 7.16. The Morgan fingerprint density at radius 3 is 1.88 bits per heavy atom. The lowest BCUT2D eigenvalue weighted by Gasteiger charge is -2.43. The van der Waals surface area contributed by atoms with Crippen LogP contribution >= 0.6 is 0 Å². The van der Waals surface area contributed by atoms with Crippen molar-refractivity contribution < 1.29 is 0 Å². The smallest absolute Gasteiger partial charge is 0.0436 e. The first kappa shape index (κ1) is 17.8. The molecule has 134 valence electrons. The fraction of sp³-hybridized carbons (Fsp3) is 0.739. The van der Waals surface area contributed by atoms with E-state index in [2.05, 4.69) is 64.6 Å². The summed E-state index contributed by atoms with van der Waals surface area (Å²) in [5.41, 5.74) is 5.61. The van der Waals surface area contributed by atoms with E-state index in [0.717, 1.165) is 0 Å². The Morgan fingerprint density at radius 1 is 0.833 bits per heavy atom. The summed E-state index contributed by atoms with van der Waals surface area (Å²) in [5, 5.41) is 0.